The van der Waals surface area contributed by atoms with Gasteiger partial charge in [0.15, 0.2) is 0 Å². The summed E-state index contributed by atoms with van der Waals surface area (Å²) in [4.78, 5) is 13.8. The Labute approximate surface area is 96.2 Å². The quantitative estimate of drug-likeness (QED) is 0.640. The predicted octanol–water partition coefficient (Wildman–Crippen LogP) is 1.95. The van der Waals surface area contributed by atoms with E-state index in [1.807, 2.05) is 26.8 Å². The van der Waals surface area contributed by atoms with Crippen LogP contribution in [0.15, 0.2) is 12.7 Å². The van der Waals surface area contributed by atoms with Crippen molar-refractivity contribution in [3.63, 3.8) is 0 Å². The van der Waals surface area contributed by atoms with Gasteiger partial charge in [-0.25, -0.2) is 4.79 Å². The Hall–Kier alpha value is -1.03. The minimum Gasteiger partial charge on any atom is -0.444 e. The number of hydrogen-bond donors (Lipinski definition) is 0. The Morgan fingerprint density at radius 3 is 2.81 bits per heavy atom. The summed E-state index contributed by atoms with van der Waals surface area (Å²) in [5, 5.41) is 0. The van der Waals surface area contributed by atoms with Crippen molar-refractivity contribution in [1.82, 2.24) is 4.90 Å². The first-order valence-electron chi connectivity index (χ1n) is 5.62. The van der Waals surface area contributed by atoms with Crippen molar-refractivity contribution in [1.29, 1.82) is 0 Å². The van der Waals surface area contributed by atoms with Gasteiger partial charge < -0.3 is 9.47 Å². The number of nitrogens with zero attached hydrogens (tertiary/aromatic N) is 1. The van der Waals surface area contributed by atoms with Crippen molar-refractivity contribution < 1.29 is 14.3 Å². The average Bonchev–Trinajstić information content (AvgIpc) is 2.72. The van der Waals surface area contributed by atoms with Gasteiger partial charge in [0.05, 0.1) is 24.8 Å². The van der Waals surface area contributed by atoms with Crippen LogP contribution < -0.4 is 0 Å². The van der Waals surface area contributed by atoms with Crippen LogP contribution in [-0.2, 0) is 9.47 Å². The number of hydrogen-bond acceptors (Lipinski definition) is 3. The molecule has 2 atom stereocenters. The van der Waals surface area contributed by atoms with Crippen molar-refractivity contribution in [2.75, 3.05) is 13.2 Å². The molecule has 0 aliphatic carbocycles. The molecule has 2 fully saturated rings. The molecular formula is C12H19NO3. The van der Waals surface area contributed by atoms with E-state index in [0.29, 0.717) is 13.2 Å². The van der Waals surface area contributed by atoms with E-state index in [1.54, 1.807) is 4.90 Å². The Bertz CT molecular complexity index is 321. The van der Waals surface area contributed by atoms with Crippen molar-refractivity contribution in [3.8, 4) is 0 Å². The van der Waals surface area contributed by atoms with E-state index in [1.165, 1.54) is 0 Å². The lowest BCUT2D eigenvalue weighted by molar-refractivity contribution is -0.0228. The summed E-state index contributed by atoms with van der Waals surface area (Å²) in [5.74, 6) is 0. The van der Waals surface area contributed by atoms with Gasteiger partial charge in [-0.15, -0.1) is 6.58 Å². The van der Waals surface area contributed by atoms with Gasteiger partial charge in [-0.2, -0.15) is 0 Å². The molecule has 2 bridgehead atoms. The lowest BCUT2D eigenvalue weighted by atomic mass is 10.00. The second kappa shape index (κ2) is 3.48. The highest BCUT2D eigenvalue weighted by molar-refractivity contribution is 5.70. The van der Waals surface area contributed by atoms with E-state index < -0.39 is 5.60 Å². The van der Waals surface area contributed by atoms with Crippen molar-refractivity contribution in [2.24, 2.45) is 0 Å². The van der Waals surface area contributed by atoms with Gasteiger partial charge in [0.1, 0.15) is 5.60 Å². The van der Waals surface area contributed by atoms with E-state index in [-0.39, 0.29) is 17.7 Å². The molecular weight excluding hydrogens is 206 g/mol. The summed E-state index contributed by atoms with van der Waals surface area (Å²) >= 11 is 0. The first-order valence-corrected chi connectivity index (χ1v) is 5.62. The summed E-state index contributed by atoms with van der Waals surface area (Å²) in [6.45, 7) is 10.6. The molecule has 2 aliphatic rings. The standard InChI is InChI=1S/C12H19NO3/c1-5-12-6-9(15-8-12)7-13(12)10(14)16-11(2,3)4/h5,9H,1,6-8H2,2-4H3/t9-,12-/m1/s1. The molecule has 90 valence electrons. The molecule has 0 saturated carbocycles. The summed E-state index contributed by atoms with van der Waals surface area (Å²) in [6.07, 6.45) is 2.53. The summed E-state index contributed by atoms with van der Waals surface area (Å²) in [5.41, 5.74) is -0.796. The summed E-state index contributed by atoms with van der Waals surface area (Å²) in [7, 11) is 0. The molecule has 0 radical (unpaired) electrons. The Morgan fingerprint density at radius 1 is 1.62 bits per heavy atom. The second-order valence-electron chi connectivity index (χ2n) is 5.54. The van der Waals surface area contributed by atoms with Crippen LogP contribution >= 0.6 is 0 Å². The van der Waals surface area contributed by atoms with Crippen LogP contribution in [0, 0.1) is 0 Å². The van der Waals surface area contributed by atoms with Crippen LogP contribution in [0.3, 0.4) is 0 Å². The molecule has 2 rings (SSSR count). The predicted molar refractivity (Wildman–Crippen MR) is 60.2 cm³/mol. The third-order valence-corrected chi connectivity index (χ3v) is 3.07. The summed E-state index contributed by atoms with van der Waals surface area (Å²) < 4.78 is 10.9. The number of amides is 1. The SMILES string of the molecule is C=C[C@@]12CO[C@@H](CN1C(=O)OC(C)(C)C)C2. The minimum absolute atomic E-state index is 0.144. The molecule has 0 unspecified atom stereocenters. The highest BCUT2D eigenvalue weighted by atomic mass is 16.6. The Balaban J connectivity index is 2.11. The fraction of sp³-hybridized carbons (Fsp3) is 0.750. The Kier molecular flexibility index (Phi) is 2.49. The zero-order valence-electron chi connectivity index (χ0n) is 10.2. The molecule has 0 aromatic heterocycles. The van der Waals surface area contributed by atoms with Crippen LogP contribution in [0.5, 0.6) is 0 Å². The zero-order chi connectivity index (χ0) is 12.0. The van der Waals surface area contributed by atoms with E-state index >= 15 is 0 Å². The molecule has 0 spiro atoms. The van der Waals surface area contributed by atoms with E-state index in [4.69, 9.17) is 9.47 Å². The minimum atomic E-state index is -0.456. The smallest absolute Gasteiger partial charge is 0.411 e. The number of carbonyl (C=O) groups excluding carboxylic acids is 1. The van der Waals surface area contributed by atoms with Gasteiger partial charge in [-0.05, 0) is 20.8 Å². The molecule has 0 aromatic carbocycles. The van der Waals surface area contributed by atoms with Gasteiger partial charge >= 0.3 is 6.09 Å². The molecule has 2 heterocycles. The topological polar surface area (TPSA) is 38.8 Å². The fourth-order valence-electron chi connectivity index (χ4n) is 2.29. The van der Waals surface area contributed by atoms with Gasteiger partial charge in [-0.1, -0.05) is 6.08 Å². The lowest BCUT2D eigenvalue weighted by Gasteiger charge is -2.36. The normalized spacial score (nSPS) is 32.9. The van der Waals surface area contributed by atoms with E-state index in [2.05, 4.69) is 6.58 Å². The van der Waals surface area contributed by atoms with Crippen LogP contribution in [-0.4, -0.2) is 41.4 Å². The number of likely N-dealkylation sites (tertiary alicyclic amines) is 1. The maximum atomic E-state index is 12.0. The molecule has 4 heteroatoms. The van der Waals surface area contributed by atoms with Crippen molar-refractivity contribution in [2.45, 2.75) is 44.4 Å². The van der Waals surface area contributed by atoms with Crippen molar-refractivity contribution >= 4 is 6.09 Å². The number of rotatable bonds is 1. The van der Waals surface area contributed by atoms with Crippen LogP contribution in [0.4, 0.5) is 4.79 Å². The van der Waals surface area contributed by atoms with E-state index in [0.717, 1.165) is 6.42 Å². The van der Waals surface area contributed by atoms with Crippen LogP contribution in [0.1, 0.15) is 27.2 Å². The number of fused-ring (bicyclic) bond motifs is 2. The first-order chi connectivity index (χ1) is 7.36. The Morgan fingerprint density at radius 2 is 2.31 bits per heavy atom. The first kappa shape index (κ1) is 11.5. The largest absolute Gasteiger partial charge is 0.444 e. The fourth-order valence-corrected chi connectivity index (χ4v) is 2.29. The zero-order valence-corrected chi connectivity index (χ0v) is 10.2. The van der Waals surface area contributed by atoms with Gasteiger partial charge in [0, 0.05) is 6.42 Å². The lowest BCUT2D eigenvalue weighted by Crippen LogP contribution is -2.51. The number of carbonyl (C=O) groups is 1. The molecule has 16 heavy (non-hydrogen) atoms. The molecule has 1 amide bonds. The van der Waals surface area contributed by atoms with Gasteiger partial charge in [0.25, 0.3) is 0 Å². The average molecular weight is 225 g/mol. The molecule has 4 nitrogen and oxygen atoms in total. The molecule has 2 saturated heterocycles. The van der Waals surface area contributed by atoms with Crippen LogP contribution in [0.25, 0.3) is 0 Å². The number of ether oxygens (including phenoxy) is 2. The highest BCUT2D eigenvalue weighted by Gasteiger charge is 2.53. The second-order valence-corrected chi connectivity index (χ2v) is 5.54. The highest BCUT2D eigenvalue weighted by Crippen LogP contribution is 2.39. The third-order valence-electron chi connectivity index (χ3n) is 3.07. The van der Waals surface area contributed by atoms with Crippen molar-refractivity contribution in [3.05, 3.63) is 12.7 Å². The number of morpholine rings is 1. The maximum Gasteiger partial charge on any atom is 0.411 e. The van der Waals surface area contributed by atoms with Gasteiger partial charge in [-0.3, -0.25) is 4.90 Å². The maximum absolute atomic E-state index is 12.0. The third kappa shape index (κ3) is 1.82. The van der Waals surface area contributed by atoms with Crippen LogP contribution in [0.2, 0.25) is 0 Å². The molecule has 0 aromatic rings. The molecule has 2 aliphatic heterocycles. The van der Waals surface area contributed by atoms with Gasteiger partial charge in [0.2, 0.25) is 0 Å². The van der Waals surface area contributed by atoms with E-state index in [9.17, 15) is 4.79 Å². The molecule has 0 N–H and O–H groups in total. The monoisotopic (exact) mass is 225 g/mol. The summed E-state index contributed by atoms with van der Waals surface area (Å²) in [6, 6.07) is 0.